The Hall–Kier alpha value is -0.970. The molecule has 2 nitrogen and oxygen atoms in total. The second-order valence-electron chi connectivity index (χ2n) is 4.78. The molecule has 2 rings (SSSR count). The van der Waals surface area contributed by atoms with Crippen LogP contribution in [0.1, 0.15) is 38.2 Å². The molecule has 0 amide bonds. The normalized spacial score (nSPS) is 20.7. The molecule has 0 aromatic carbocycles. The molecular weight excluding hydrogens is 277 g/mol. The first-order valence-electron chi connectivity index (χ1n) is 6.43. The molecule has 0 radical (unpaired) electrons. The minimum Gasteiger partial charge on any atom is -0.352 e. The number of alkyl halides is 3. The van der Waals surface area contributed by atoms with Gasteiger partial charge in [-0.2, -0.15) is 13.2 Å². The molecule has 106 valence electrons. The number of nitrogens with zero attached hydrogens (tertiary/aromatic N) is 2. The molecule has 1 atom stereocenters. The maximum absolute atomic E-state index is 12.6. The van der Waals surface area contributed by atoms with E-state index >= 15 is 0 Å². The number of rotatable bonds is 2. The summed E-state index contributed by atoms with van der Waals surface area (Å²) in [5.74, 6) is 0.473. The Morgan fingerprint density at radius 2 is 2.16 bits per heavy atom. The van der Waals surface area contributed by atoms with Crippen molar-refractivity contribution in [3.8, 4) is 0 Å². The fraction of sp³-hybridized carbons (Fsp3) is 0.615. The number of halogens is 4. The van der Waals surface area contributed by atoms with E-state index in [1.165, 1.54) is 0 Å². The smallest absolute Gasteiger partial charge is 0.352 e. The van der Waals surface area contributed by atoms with Crippen molar-refractivity contribution in [2.24, 2.45) is 0 Å². The van der Waals surface area contributed by atoms with Gasteiger partial charge < -0.3 is 4.90 Å². The van der Waals surface area contributed by atoms with Gasteiger partial charge in [0.1, 0.15) is 5.82 Å². The van der Waals surface area contributed by atoms with Crippen LogP contribution in [0, 0.1) is 0 Å². The number of pyridine rings is 1. The standard InChI is InChI=1S/C13H16ClF3N2/c1-2-10-5-3-4-6-19(10)12-11(14)7-9(8-18-12)13(15,16)17/h7-8,10H,2-6H2,1H3/t10-/m1/s1. The molecule has 1 aromatic rings. The first kappa shape index (κ1) is 14.4. The van der Waals surface area contributed by atoms with Gasteiger partial charge in [-0.1, -0.05) is 18.5 Å². The van der Waals surface area contributed by atoms with Crippen LogP contribution in [0.5, 0.6) is 0 Å². The average Bonchev–Trinajstić information content (AvgIpc) is 2.37. The molecule has 1 saturated heterocycles. The van der Waals surface area contributed by atoms with E-state index < -0.39 is 11.7 Å². The largest absolute Gasteiger partial charge is 0.417 e. The maximum Gasteiger partial charge on any atom is 0.417 e. The highest BCUT2D eigenvalue weighted by molar-refractivity contribution is 6.33. The first-order chi connectivity index (χ1) is 8.93. The number of hydrogen-bond donors (Lipinski definition) is 0. The zero-order valence-corrected chi connectivity index (χ0v) is 11.4. The van der Waals surface area contributed by atoms with Gasteiger partial charge in [0.25, 0.3) is 0 Å². The lowest BCUT2D eigenvalue weighted by Gasteiger charge is -2.36. The SMILES string of the molecule is CC[C@@H]1CCCCN1c1ncc(C(F)(F)F)cc1Cl. The number of anilines is 1. The Morgan fingerprint density at radius 1 is 1.42 bits per heavy atom. The highest BCUT2D eigenvalue weighted by Gasteiger charge is 2.32. The zero-order valence-electron chi connectivity index (χ0n) is 10.7. The van der Waals surface area contributed by atoms with Gasteiger partial charge in [-0.3, -0.25) is 0 Å². The van der Waals surface area contributed by atoms with Crippen LogP contribution in [-0.2, 0) is 6.18 Å². The average molecular weight is 293 g/mol. The van der Waals surface area contributed by atoms with Gasteiger partial charge in [-0.25, -0.2) is 4.98 Å². The Morgan fingerprint density at radius 3 is 2.74 bits per heavy atom. The second-order valence-corrected chi connectivity index (χ2v) is 5.19. The van der Waals surface area contributed by atoms with E-state index in [-0.39, 0.29) is 5.02 Å². The third kappa shape index (κ3) is 3.14. The lowest BCUT2D eigenvalue weighted by atomic mass is 10.00. The fourth-order valence-corrected chi connectivity index (χ4v) is 2.78. The van der Waals surface area contributed by atoms with Gasteiger partial charge in [-0.05, 0) is 31.7 Å². The molecule has 19 heavy (non-hydrogen) atoms. The molecule has 6 heteroatoms. The molecule has 1 fully saturated rings. The van der Waals surface area contributed by atoms with E-state index in [2.05, 4.69) is 11.9 Å². The van der Waals surface area contributed by atoms with Crippen LogP contribution in [0.2, 0.25) is 5.02 Å². The summed E-state index contributed by atoms with van der Waals surface area (Å²) in [7, 11) is 0. The third-order valence-corrected chi connectivity index (χ3v) is 3.80. The predicted molar refractivity (Wildman–Crippen MR) is 69.5 cm³/mol. The van der Waals surface area contributed by atoms with Gasteiger partial charge in [0.15, 0.2) is 0 Å². The number of piperidine rings is 1. The van der Waals surface area contributed by atoms with E-state index in [9.17, 15) is 13.2 Å². The Bertz CT molecular complexity index is 448. The minimum atomic E-state index is -4.40. The molecule has 1 aliphatic rings. The highest BCUT2D eigenvalue weighted by atomic mass is 35.5. The minimum absolute atomic E-state index is 0.0789. The van der Waals surface area contributed by atoms with Gasteiger partial charge in [0.05, 0.1) is 10.6 Å². The fourth-order valence-electron chi connectivity index (χ4n) is 2.50. The first-order valence-corrected chi connectivity index (χ1v) is 6.80. The van der Waals surface area contributed by atoms with Crippen molar-refractivity contribution in [1.82, 2.24) is 4.98 Å². The summed E-state index contributed by atoms with van der Waals surface area (Å²) in [5, 5.41) is 0.0789. The van der Waals surface area contributed by atoms with Crippen molar-refractivity contribution in [3.05, 3.63) is 22.8 Å². The quantitative estimate of drug-likeness (QED) is 0.796. The van der Waals surface area contributed by atoms with Crippen LogP contribution in [-0.4, -0.2) is 17.6 Å². The molecule has 0 aliphatic carbocycles. The van der Waals surface area contributed by atoms with Gasteiger partial charge >= 0.3 is 6.18 Å². The van der Waals surface area contributed by atoms with E-state index in [1.807, 2.05) is 4.90 Å². The molecule has 0 saturated carbocycles. The summed E-state index contributed by atoms with van der Waals surface area (Å²) in [4.78, 5) is 5.97. The lowest BCUT2D eigenvalue weighted by Crippen LogP contribution is -2.39. The Balaban J connectivity index is 2.30. The predicted octanol–water partition coefficient (Wildman–Crippen LogP) is 4.52. The lowest BCUT2D eigenvalue weighted by molar-refractivity contribution is -0.137. The molecule has 1 aliphatic heterocycles. The van der Waals surface area contributed by atoms with E-state index in [1.54, 1.807) is 0 Å². The zero-order chi connectivity index (χ0) is 14.0. The summed E-state index contributed by atoms with van der Waals surface area (Å²) in [6, 6.07) is 1.28. The summed E-state index contributed by atoms with van der Waals surface area (Å²) in [5.41, 5.74) is -0.800. The second kappa shape index (κ2) is 5.57. The summed E-state index contributed by atoms with van der Waals surface area (Å²) < 4.78 is 37.7. The highest BCUT2D eigenvalue weighted by Crippen LogP contribution is 2.35. The number of hydrogen-bond acceptors (Lipinski definition) is 2. The van der Waals surface area contributed by atoms with E-state index in [0.717, 1.165) is 44.5 Å². The molecule has 0 bridgehead atoms. The van der Waals surface area contributed by atoms with Crippen LogP contribution >= 0.6 is 11.6 Å². The van der Waals surface area contributed by atoms with Crippen LogP contribution in [0.15, 0.2) is 12.3 Å². The van der Waals surface area contributed by atoms with Crippen molar-refractivity contribution in [1.29, 1.82) is 0 Å². The summed E-state index contributed by atoms with van der Waals surface area (Å²) >= 11 is 5.99. The van der Waals surface area contributed by atoms with Crippen LogP contribution in [0.25, 0.3) is 0 Å². The van der Waals surface area contributed by atoms with Crippen LogP contribution < -0.4 is 4.90 Å². The van der Waals surface area contributed by atoms with Crippen molar-refractivity contribution in [2.45, 2.75) is 44.8 Å². The van der Waals surface area contributed by atoms with Crippen LogP contribution in [0.4, 0.5) is 19.0 Å². The topological polar surface area (TPSA) is 16.1 Å². The molecular formula is C13H16ClF3N2. The molecule has 2 heterocycles. The molecule has 0 spiro atoms. The van der Waals surface area contributed by atoms with Crippen molar-refractivity contribution in [2.75, 3.05) is 11.4 Å². The third-order valence-electron chi connectivity index (χ3n) is 3.52. The molecule has 1 aromatic heterocycles. The van der Waals surface area contributed by atoms with Gasteiger partial charge in [-0.15, -0.1) is 0 Å². The Kier molecular flexibility index (Phi) is 4.23. The van der Waals surface area contributed by atoms with Crippen molar-refractivity contribution in [3.63, 3.8) is 0 Å². The van der Waals surface area contributed by atoms with Crippen molar-refractivity contribution >= 4 is 17.4 Å². The molecule has 0 N–H and O–H groups in total. The van der Waals surface area contributed by atoms with Gasteiger partial charge in [0.2, 0.25) is 0 Å². The Labute approximate surface area is 115 Å². The van der Waals surface area contributed by atoms with Crippen molar-refractivity contribution < 1.29 is 13.2 Å². The maximum atomic E-state index is 12.6. The summed E-state index contributed by atoms with van der Waals surface area (Å²) in [6.07, 6.45) is 0.612. The summed E-state index contributed by atoms with van der Waals surface area (Å²) in [6.45, 7) is 2.87. The van der Waals surface area contributed by atoms with E-state index in [4.69, 9.17) is 11.6 Å². The monoisotopic (exact) mass is 292 g/mol. The number of aromatic nitrogens is 1. The van der Waals surface area contributed by atoms with Gasteiger partial charge in [0, 0.05) is 18.8 Å². The van der Waals surface area contributed by atoms with E-state index in [0.29, 0.717) is 11.9 Å². The van der Waals surface area contributed by atoms with Crippen LogP contribution in [0.3, 0.4) is 0 Å². The molecule has 0 unspecified atom stereocenters.